The number of anilines is 1. The average molecular weight is 459 g/mol. The standard InChI is InChI=1S/C23H23ClN2O4S/c1-17-8-10-18(11-9-17)15-25-23(27)16-26(21-14-19(24)12-13-22(21)30-2)31(28,29)20-6-4-3-5-7-20/h3-14H,15-16H2,1-2H3,(H,25,27). The monoisotopic (exact) mass is 458 g/mol. The summed E-state index contributed by atoms with van der Waals surface area (Å²) < 4.78 is 33.2. The molecule has 0 aromatic heterocycles. The third-order valence-corrected chi connectivity index (χ3v) is 6.65. The summed E-state index contributed by atoms with van der Waals surface area (Å²) in [6.07, 6.45) is 0. The lowest BCUT2D eigenvalue weighted by molar-refractivity contribution is -0.119. The number of nitrogens with one attached hydrogen (secondary N) is 1. The summed E-state index contributed by atoms with van der Waals surface area (Å²) in [6, 6.07) is 20.3. The Labute approximate surface area is 187 Å². The topological polar surface area (TPSA) is 75.7 Å². The first-order valence-corrected chi connectivity index (χ1v) is 11.4. The van der Waals surface area contributed by atoms with Crippen LogP contribution in [-0.2, 0) is 21.4 Å². The van der Waals surface area contributed by atoms with E-state index < -0.39 is 22.5 Å². The van der Waals surface area contributed by atoms with Gasteiger partial charge in [0.25, 0.3) is 10.0 Å². The van der Waals surface area contributed by atoms with E-state index in [0.717, 1.165) is 15.4 Å². The van der Waals surface area contributed by atoms with E-state index in [2.05, 4.69) is 5.32 Å². The van der Waals surface area contributed by atoms with Gasteiger partial charge in [-0.2, -0.15) is 0 Å². The van der Waals surface area contributed by atoms with Gasteiger partial charge in [-0.15, -0.1) is 0 Å². The van der Waals surface area contributed by atoms with Crippen LogP contribution >= 0.6 is 11.6 Å². The average Bonchev–Trinajstić information content (AvgIpc) is 2.77. The van der Waals surface area contributed by atoms with E-state index in [0.29, 0.717) is 5.02 Å². The minimum absolute atomic E-state index is 0.0587. The Kier molecular flexibility index (Phi) is 7.20. The summed E-state index contributed by atoms with van der Waals surface area (Å²) in [5.41, 5.74) is 2.21. The fourth-order valence-electron chi connectivity index (χ4n) is 2.97. The van der Waals surface area contributed by atoms with Crippen LogP contribution in [-0.4, -0.2) is 28.0 Å². The molecule has 0 aliphatic carbocycles. The van der Waals surface area contributed by atoms with Gasteiger partial charge < -0.3 is 10.1 Å². The van der Waals surface area contributed by atoms with E-state index in [1.54, 1.807) is 30.3 Å². The Bertz CT molecular complexity index is 1150. The summed E-state index contributed by atoms with van der Waals surface area (Å²) in [4.78, 5) is 12.8. The molecule has 0 unspecified atom stereocenters. The summed E-state index contributed by atoms with van der Waals surface area (Å²) in [5.74, 6) is -0.169. The number of halogens is 1. The van der Waals surface area contributed by atoms with Crippen molar-refractivity contribution in [1.29, 1.82) is 0 Å². The van der Waals surface area contributed by atoms with Gasteiger partial charge >= 0.3 is 0 Å². The molecule has 31 heavy (non-hydrogen) atoms. The number of amides is 1. The van der Waals surface area contributed by atoms with Gasteiger partial charge in [0, 0.05) is 11.6 Å². The Hall–Kier alpha value is -3.03. The van der Waals surface area contributed by atoms with Gasteiger partial charge in [-0.05, 0) is 42.8 Å². The van der Waals surface area contributed by atoms with Gasteiger partial charge in [0.15, 0.2) is 0 Å². The van der Waals surface area contributed by atoms with E-state index in [1.807, 2.05) is 31.2 Å². The number of hydrogen-bond donors (Lipinski definition) is 1. The molecule has 0 atom stereocenters. The molecule has 0 spiro atoms. The van der Waals surface area contributed by atoms with Crippen LogP contribution in [0, 0.1) is 6.92 Å². The highest BCUT2D eigenvalue weighted by Crippen LogP contribution is 2.34. The van der Waals surface area contributed by atoms with Gasteiger partial charge in [-0.1, -0.05) is 59.6 Å². The van der Waals surface area contributed by atoms with Crippen LogP contribution in [0.1, 0.15) is 11.1 Å². The van der Waals surface area contributed by atoms with Crippen molar-refractivity contribution in [2.75, 3.05) is 18.0 Å². The summed E-state index contributed by atoms with van der Waals surface area (Å²) >= 11 is 6.13. The molecule has 0 bridgehead atoms. The molecule has 1 N–H and O–H groups in total. The first kappa shape index (κ1) is 22.7. The van der Waals surface area contributed by atoms with Crippen molar-refractivity contribution in [3.05, 3.63) is 88.9 Å². The number of carbonyl (C=O) groups excluding carboxylic acids is 1. The van der Waals surface area contributed by atoms with Crippen molar-refractivity contribution >= 4 is 33.2 Å². The van der Waals surface area contributed by atoms with Crippen molar-refractivity contribution in [2.24, 2.45) is 0 Å². The molecule has 8 heteroatoms. The number of ether oxygens (including phenoxy) is 1. The molecule has 0 heterocycles. The lowest BCUT2D eigenvalue weighted by atomic mass is 10.1. The maximum Gasteiger partial charge on any atom is 0.264 e. The number of carbonyl (C=O) groups is 1. The van der Waals surface area contributed by atoms with E-state index in [-0.39, 0.29) is 22.9 Å². The van der Waals surface area contributed by atoms with Crippen molar-refractivity contribution in [1.82, 2.24) is 5.32 Å². The highest BCUT2D eigenvalue weighted by molar-refractivity contribution is 7.92. The summed E-state index contributed by atoms with van der Waals surface area (Å²) in [5, 5.41) is 3.10. The van der Waals surface area contributed by atoms with E-state index in [4.69, 9.17) is 16.3 Å². The molecule has 0 aliphatic heterocycles. The molecule has 0 aliphatic rings. The molecule has 1 amide bonds. The zero-order valence-corrected chi connectivity index (χ0v) is 18.8. The summed E-state index contributed by atoms with van der Waals surface area (Å²) in [6.45, 7) is 1.83. The minimum atomic E-state index is -4.05. The van der Waals surface area contributed by atoms with Crippen molar-refractivity contribution in [3.63, 3.8) is 0 Å². The maximum absolute atomic E-state index is 13.4. The van der Waals surface area contributed by atoms with Gasteiger partial charge in [0.1, 0.15) is 12.3 Å². The molecule has 0 fully saturated rings. The molecule has 3 aromatic rings. The first-order chi connectivity index (χ1) is 14.8. The lowest BCUT2D eigenvalue weighted by Gasteiger charge is -2.26. The van der Waals surface area contributed by atoms with Crippen LogP contribution < -0.4 is 14.4 Å². The second kappa shape index (κ2) is 9.85. The minimum Gasteiger partial charge on any atom is -0.495 e. The van der Waals surface area contributed by atoms with Crippen LogP contribution in [0.3, 0.4) is 0 Å². The van der Waals surface area contributed by atoms with Crippen molar-refractivity contribution < 1.29 is 17.9 Å². The quantitative estimate of drug-likeness (QED) is 0.549. The highest BCUT2D eigenvalue weighted by atomic mass is 35.5. The van der Waals surface area contributed by atoms with Crippen molar-refractivity contribution in [2.45, 2.75) is 18.4 Å². The molecule has 0 saturated heterocycles. The Balaban J connectivity index is 1.92. The highest BCUT2D eigenvalue weighted by Gasteiger charge is 2.29. The van der Waals surface area contributed by atoms with Crippen LogP contribution in [0.25, 0.3) is 0 Å². The number of benzene rings is 3. The second-order valence-corrected chi connectivity index (χ2v) is 9.20. The molecule has 0 radical (unpaired) electrons. The summed E-state index contributed by atoms with van der Waals surface area (Å²) in [7, 11) is -2.63. The molecular formula is C23H23ClN2O4S. The van der Waals surface area contributed by atoms with Crippen LogP contribution in [0.4, 0.5) is 5.69 Å². The largest absolute Gasteiger partial charge is 0.495 e. The molecule has 3 aromatic carbocycles. The van der Waals surface area contributed by atoms with Gasteiger partial charge in [-0.25, -0.2) is 8.42 Å². The van der Waals surface area contributed by atoms with Crippen LogP contribution in [0.15, 0.2) is 77.7 Å². The number of aryl methyl sites for hydroxylation is 1. The molecule has 162 valence electrons. The number of nitrogens with zero attached hydrogens (tertiary/aromatic N) is 1. The van der Waals surface area contributed by atoms with E-state index in [9.17, 15) is 13.2 Å². The number of hydrogen-bond acceptors (Lipinski definition) is 4. The SMILES string of the molecule is COc1ccc(Cl)cc1N(CC(=O)NCc1ccc(C)cc1)S(=O)(=O)c1ccccc1. The zero-order chi connectivity index (χ0) is 22.4. The Morgan fingerprint density at radius 1 is 1.03 bits per heavy atom. The lowest BCUT2D eigenvalue weighted by Crippen LogP contribution is -2.40. The number of methoxy groups -OCH3 is 1. The molecule has 3 rings (SSSR count). The van der Waals surface area contributed by atoms with Crippen LogP contribution in [0.5, 0.6) is 5.75 Å². The molecule has 6 nitrogen and oxygen atoms in total. The van der Waals surface area contributed by atoms with Gasteiger partial charge in [0.2, 0.25) is 5.91 Å². The second-order valence-electron chi connectivity index (χ2n) is 6.90. The van der Waals surface area contributed by atoms with Gasteiger partial charge in [-0.3, -0.25) is 9.10 Å². The third-order valence-electron chi connectivity index (χ3n) is 4.64. The number of rotatable bonds is 8. The molecular weight excluding hydrogens is 436 g/mol. The fourth-order valence-corrected chi connectivity index (χ4v) is 4.58. The predicted octanol–water partition coefficient (Wildman–Crippen LogP) is 4.17. The van der Waals surface area contributed by atoms with E-state index >= 15 is 0 Å². The Morgan fingerprint density at radius 3 is 2.35 bits per heavy atom. The Morgan fingerprint density at radius 2 is 1.71 bits per heavy atom. The molecule has 0 saturated carbocycles. The maximum atomic E-state index is 13.4. The third kappa shape index (κ3) is 5.57. The predicted molar refractivity (Wildman–Crippen MR) is 122 cm³/mol. The van der Waals surface area contributed by atoms with Crippen LogP contribution in [0.2, 0.25) is 5.02 Å². The van der Waals surface area contributed by atoms with Gasteiger partial charge in [0.05, 0.1) is 17.7 Å². The number of sulfonamides is 1. The van der Waals surface area contributed by atoms with E-state index in [1.165, 1.54) is 25.3 Å². The fraction of sp³-hybridized carbons (Fsp3) is 0.174. The first-order valence-electron chi connectivity index (χ1n) is 9.55. The normalized spacial score (nSPS) is 11.1. The zero-order valence-electron chi connectivity index (χ0n) is 17.2. The smallest absolute Gasteiger partial charge is 0.264 e. The van der Waals surface area contributed by atoms with Crippen molar-refractivity contribution in [3.8, 4) is 5.75 Å².